The predicted octanol–water partition coefficient (Wildman–Crippen LogP) is 0.853. The van der Waals surface area contributed by atoms with E-state index in [1.54, 1.807) is 25.6 Å². The van der Waals surface area contributed by atoms with Gasteiger partial charge in [0.25, 0.3) is 0 Å². The number of methoxy groups -OCH3 is 1. The zero-order chi connectivity index (χ0) is 12.9. The van der Waals surface area contributed by atoms with E-state index in [1.807, 2.05) is 6.92 Å². The maximum atomic E-state index is 5.90. The van der Waals surface area contributed by atoms with Crippen LogP contribution in [0.4, 0.5) is 5.69 Å². The molecule has 1 rings (SSSR count). The number of anilines is 1. The summed E-state index contributed by atoms with van der Waals surface area (Å²) in [6.07, 6.45) is 5.00. The number of hydrazine groups is 1. The van der Waals surface area contributed by atoms with Crippen LogP contribution in [0.2, 0.25) is 0 Å². The molecule has 0 amide bonds. The molecule has 2 unspecified atom stereocenters. The molecule has 5 N–H and O–H groups in total. The highest BCUT2D eigenvalue weighted by Gasteiger charge is 2.32. The monoisotopic (exact) mass is 238 g/mol. The molecule has 0 aliphatic rings. The first-order chi connectivity index (χ1) is 8.07. The van der Waals surface area contributed by atoms with Gasteiger partial charge in [-0.25, -0.2) is 0 Å². The van der Waals surface area contributed by atoms with Crippen LogP contribution in [0.1, 0.15) is 25.8 Å². The van der Waals surface area contributed by atoms with Crippen LogP contribution in [-0.4, -0.2) is 23.7 Å². The molecule has 0 fully saturated rings. The smallest absolute Gasteiger partial charge is 0.0817 e. The van der Waals surface area contributed by atoms with Crippen LogP contribution in [-0.2, 0) is 11.2 Å². The van der Waals surface area contributed by atoms with Gasteiger partial charge in [-0.3, -0.25) is 16.3 Å². The molecule has 5 heteroatoms. The topological polar surface area (TPSA) is 86.2 Å². The van der Waals surface area contributed by atoms with E-state index >= 15 is 0 Å². The minimum Gasteiger partial charge on any atom is -0.398 e. The first-order valence-electron chi connectivity index (χ1n) is 5.77. The highest BCUT2D eigenvalue weighted by Crippen LogP contribution is 2.23. The lowest BCUT2D eigenvalue weighted by atomic mass is 9.89. The number of nitrogen functional groups attached to an aromatic ring is 1. The van der Waals surface area contributed by atoms with Crippen LogP contribution < -0.4 is 17.0 Å². The molecular formula is C12H22N4O. The second-order valence-corrected chi connectivity index (χ2v) is 4.37. The summed E-state index contributed by atoms with van der Waals surface area (Å²) in [5.74, 6) is 5.62. The fraction of sp³-hybridized carbons (Fsp3) is 0.583. The minimum atomic E-state index is -0.322. The van der Waals surface area contributed by atoms with Crippen LogP contribution in [0.15, 0.2) is 18.5 Å². The SMILES string of the molecule is CCC(C)(OC)C(Cc1cnccc1N)NN. The molecule has 2 atom stereocenters. The molecule has 1 heterocycles. The van der Waals surface area contributed by atoms with Crippen LogP contribution in [0.5, 0.6) is 0 Å². The summed E-state index contributed by atoms with van der Waals surface area (Å²) in [4.78, 5) is 4.08. The fourth-order valence-electron chi connectivity index (χ4n) is 1.81. The van der Waals surface area contributed by atoms with Crippen molar-refractivity contribution in [1.29, 1.82) is 0 Å². The molecule has 17 heavy (non-hydrogen) atoms. The van der Waals surface area contributed by atoms with Crippen LogP contribution in [0, 0.1) is 0 Å². The molecule has 0 aliphatic heterocycles. The number of nitrogens with two attached hydrogens (primary N) is 2. The summed E-state index contributed by atoms with van der Waals surface area (Å²) >= 11 is 0. The van der Waals surface area contributed by atoms with Gasteiger partial charge in [0.1, 0.15) is 0 Å². The Bertz CT molecular complexity index is 352. The molecule has 1 aromatic rings. The van der Waals surface area contributed by atoms with Crippen molar-refractivity contribution >= 4 is 5.69 Å². The summed E-state index contributed by atoms with van der Waals surface area (Å²) in [6, 6.07) is 1.78. The summed E-state index contributed by atoms with van der Waals surface area (Å²) in [5.41, 5.74) is 10.1. The molecule has 0 saturated carbocycles. The number of pyridine rings is 1. The van der Waals surface area contributed by atoms with Gasteiger partial charge in [-0.15, -0.1) is 0 Å². The normalized spacial score (nSPS) is 16.5. The number of aromatic nitrogens is 1. The van der Waals surface area contributed by atoms with Gasteiger partial charge in [0, 0.05) is 25.2 Å². The van der Waals surface area contributed by atoms with Crippen molar-refractivity contribution < 1.29 is 4.74 Å². The summed E-state index contributed by atoms with van der Waals surface area (Å²) in [6.45, 7) is 4.10. The summed E-state index contributed by atoms with van der Waals surface area (Å²) in [7, 11) is 1.69. The minimum absolute atomic E-state index is 0.0102. The number of nitrogens with zero attached hydrogens (tertiary/aromatic N) is 1. The van der Waals surface area contributed by atoms with E-state index in [2.05, 4.69) is 17.3 Å². The van der Waals surface area contributed by atoms with E-state index in [0.29, 0.717) is 6.42 Å². The van der Waals surface area contributed by atoms with Gasteiger partial charge < -0.3 is 10.5 Å². The lowest BCUT2D eigenvalue weighted by molar-refractivity contribution is -0.0288. The molecule has 1 aromatic heterocycles. The third kappa shape index (κ3) is 3.15. The Morgan fingerprint density at radius 1 is 1.59 bits per heavy atom. The summed E-state index contributed by atoms with van der Waals surface area (Å²) in [5, 5.41) is 0. The zero-order valence-corrected chi connectivity index (χ0v) is 10.7. The van der Waals surface area contributed by atoms with E-state index in [-0.39, 0.29) is 11.6 Å². The zero-order valence-electron chi connectivity index (χ0n) is 10.7. The Morgan fingerprint density at radius 2 is 2.29 bits per heavy atom. The second kappa shape index (κ2) is 5.95. The van der Waals surface area contributed by atoms with Crippen molar-refractivity contribution in [1.82, 2.24) is 10.4 Å². The molecule has 0 saturated heterocycles. The van der Waals surface area contributed by atoms with Gasteiger partial charge >= 0.3 is 0 Å². The average molecular weight is 238 g/mol. The number of hydrogen-bond donors (Lipinski definition) is 3. The first-order valence-corrected chi connectivity index (χ1v) is 5.77. The molecule has 0 aromatic carbocycles. The molecule has 0 bridgehead atoms. The molecule has 0 radical (unpaired) electrons. The van der Waals surface area contributed by atoms with Crippen molar-refractivity contribution in [3.8, 4) is 0 Å². The molecule has 0 spiro atoms. The Morgan fingerprint density at radius 3 is 2.76 bits per heavy atom. The van der Waals surface area contributed by atoms with Crippen molar-refractivity contribution in [3.05, 3.63) is 24.0 Å². The number of nitrogens with one attached hydrogen (secondary N) is 1. The Hall–Kier alpha value is -1.17. The second-order valence-electron chi connectivity index (χ2n) is 4.37. The lowest BCUT2D eigenvalue weighted by Crippen LogP contribution is -2.53. The average Bonchev–Trinajstić information content (AvgIpc) is 2.37. The van der Waals surface area contributed by atoms with Gasteiger partial charge in [-0.2, -0.15) is 0 Å². The van der Waals surface area contributed by atoms with Crippen molar-refractivity contribution in [2.24, 2.45) is 5.84 Å². The standard InChI is InChI=1S/C12H22N4O/c1-4-12(2,17-3)11(16-14)7-9-8-15-6-5-10(9)13/h5-6,8,11,16H,4,7,14H2,1-3H3,(H2,13,15). The van der Waals surface area contributed by atoms with E-state index in [1.165, 1.54) is 0 Å². The van der Waals surface area contributed by atoms with Gasteiger partial charge in [-0.05, 0) is 31.4 Å². The molecule has 5 nitrogen and oxygen atoms in total. The molecule has 0 aliphatic carbocycles. The Labute approximate surface area is 103 Å². The quantitative estimate of drug-likeness (QED) is 0.505. The largest absolute Gasteiger partial charge is 0.398 e. The fourth-order valence-corrected chi connectivity index (χ4v) is 1.81. The Balaban J connectivity index is 2.87. The van der Waals surface area contributed by atoms with Gasteiger partial charge in [0.05, 0.1) is 11.6 Å². The van der Waals surface area contributed by atoms with Crippen LogP contribution in [0.25, 0.3) is 0 Å². The van der Waals surface area contributed by atoms with E-state index in [9.17, 15) is 0 Å². The highest BCUT2D eigenvalue weighted by molar-refractivity contribution is 5.44. The van der Waals surface area contributed by atoms with Crippen molar-refractivity contribution in [2.45, 2.75) is 38.3 Å². The number of hydrogen-bond acceptors (Lipinski definition) is 5. The molecular weight excluding hydrogens is 216 g/mol. The van der Waals surface area contributed by atoms with E-state index in [0.717, 1.165) is 17.7 Å². The van der Waals surface area contributed by atoms with Crippen molar-refractivity contribution in [3.63, 3.8) is 0 Å². The van der Waals surface area contributed by atoms with E-state index in [4.69, 9.17) is 16.3 Å². The Kier molecular flexibility index (Phi) is 4.86. The number of ether oxygens (including phenoxy) is 1. The van der Waals surface area contributed by atoms with Gasteiger partial charge in [-0.1, -0.05) is 6.92 Å². The van der Waals surface area contributed by atoms with Gasteiger partial charge in [0.15, 0.2) is 0 Å². The maximum Gasteiger partial charge on any atom is 0.0817 e. The third-order valence-corrected chi connectivity index (χ3v) is 3.47. The molecule has 96 valence electrons. The van der Waals surface area contributed by atoms with E-state index < -0.39 is 0 Å². The first kappa shape index (κ1) is 13.9. The third-order valence-electron chi connectivity index (χ3n) is 3.47. The maximum absolute atomic E-state index is 5.90. The van der Waals surface area contributed by atoms with Crippen molar-refractivity contribution in [2.75, 3.05) is 12.8 Å². The van der Waals surface area contributed by atoms with Crippen LogP contribution >= 0.6 is 0 Å². The predicted molar refractivity (Wildman–Crippen MR) is 69.2 cm³/mol. The van der Waals surface area contributed by atoms with Gasteiger partial charge in [0.2, 0.25) is 0 Å². The highest BCUT2D eigenvalue weighted by atomic mass is 16.5. The number of rotatable bonds is 6. The lowest BCUT2D eigenvalue weighted by Gasteiger charge is -2.35. The van der Waals surface area contributed by atoms with Crippen LogP contribution in [0.3, 0.4) is 0 Å². The summed E-state index contributed by atoms with van der Waals surface area (Å²) < 4.78 is 5.55.